The molecular weight excluding hydrogens is 194 g/mol. The number of nitrogens with one attached hydrogen (secondary N) is 2. The lowest BCUT2D eigenvalue weighted by Crippen LogP contribution is -2.31. The fourth-order valence-corrected chi connectivity index (χ4v) is 1.35. The van der Waals surface area contributed by atoms with Gasteiger partial charge in [0.05, 0.1) is 6.33 Å². The molecule has 1 unspecified atom stereocenters. The number of H-pyrrole nitrogens is 1. The smallest absolute Gasteiger partial charge is 0.276 e. The lowest BCUT2D eigenvalue weighted by molar-refractivity contribution is 0.392. The first-order chi connectivity index (χ1) is 7.00. The molecule has 15 heavy (non-hydrogen) atoms. The molecule has 1 atom stereocenters. The van der Waals surface area contributed by atoms with Crippen molar-refractivity contribution in [3.8, 4) is 0 Å². The number of likely N-dealkylation sites (N-methyl/N-ethyl adjacent to an activating group) is 1. The van der Waals surface area contributed by atoms with Gasteiger partial charge in [0.25, 0.3) is 5.56 Å². The topological polar surface area (TPSA) is 87.0 Å². The largest absolute Gasteiger partial charge is 0.391 e. The van der Waals surface area contributed by atoms with Crippen LogP contribution in [0.3, 0.4) is 0 Å². The van der Waals surface area contributed by atoms with Gasteiger partial charge in [-0.2, -0.15) is 0 Å². The molecule has 0 aromatic carbocycles. The van der Waals surface area contributed by atoms with Crippen LogP contribution in [0.15, 0.2) is 11.1 Å². The molecule has 1 heterocycles. The molecule has 0 saturated heterocycles. The number of hydrogen-bond acceptors (Lipinski definition) is 5. The Balaban J connectivity index is 2.72. The van der Waals surface area contributed by atoms with Gasteiger partial charge in [0.15, 0.2) is 5.82 Å². The van der Waals surface area contributed by atoms with Crippen molar-refractivity contribution in [3.63, 3.8) is 0 Å². The normalized spacial score (nSPS) is 12.8. The molecule has 0 spiro atoms. The van der Waals surface area contributed by atoms with E-state index in [0.29, 0.717) is 5.82 Å². The van der Waals surface area contributed by atoms with Crippen LogP contribution in [0.5, 0.6) is 0 Å². The minimum atomic E-state index is -0.315. The maximum atomic E-state index is 11.2. The minimum Gasteiger partial charge on any atom is -0.391 e. The predicted molar refractivity (Wildman–Crippen MR) is 60.9 cm³/mol. The van der Waals surface area contributed by atoms with E-state index in [2.05, 4.69) is 15.3 Å². The van der Waals surface area contributed by atoms with E-state index >= 15 is 0 Å². The van der Waals surface area contributed by atoms with Crippen LogP contribution in [0.4, 0.5) is 11.5 Å². The molecule has 1 aromatic heterocycles. The fourth-order valence-electron chi connectivity index (χ4n) is 1.35. The van der Waals surface area contributed by atoms with Crippen LogP contribution in [-0.4, -0.2) is 41.5 Å². The van der Waals surface area contributed by atoms with E-state index in [1.54, 1.807) is 0 Å². The highest BCUT2D eigenvalue weighted by Gasteiger charge is 2.08. The van der Waals surface area contributed by atoms with Crippen LogP contribution < -0.4 is 16.6 Å². The van der Waals surface area contributed by atoms with Gasteiger partial charge in [-0.25, -0.2) is 4.98 Å². The molecule has 6 nitrogen and oxygen atoms in total. The Morgan fingerprint density at radius 1 is 1.67 bits per heavy atom. The third-order valence-corrected chi connectivity index (χ3v) is 1.91. The van der Waals surface area contributed by atoms with Crippen molar-refractivity contribution in [2.24, 2.45) is 0 Å². The summed E-state index contributed by atoms with van der Waals surface area (Å²) in [6, 6.07) is 0.177. The van der Waals surface area contributed by atoms with Crippen molar-refractivity contribution in [1.29, 1.82) is 0 Å². The summed E-state index contributed by atoms with van der Waals surface area (Å²) in [5.41, 5.74) is 5.39. The second kappa shape index (κ2) is 4.79. The van der Waals surface area contributed by atoms with Gasteiger partial charge in [0.2, 0.25) is 0 Å². The Morgan fingerprint density at radius 2 is 2.33 bits per heavy atom. The lowest BCUT2D eigenvalue weighted by Gasteiger charge is -2.19. The van der Waals surface area contributed by atoms with E-state index in [0.717, 1.165) is 6.54 Å². The summed E-state index contributed by atoms with van der Waals surface area (Å²) in [5.74, 6) is 0.438. The third kappa shape index (κ3) is 3.25. The number of nitrogens with zero attached hydrogens (tertiary/aromatic N) is 2. The van der Waals surface area contributed by atoms with Crippen LogP contribution in [0.25, 0.3) is 0 Å². The zero-order chi connectivity index (χ0) is 11.4. The van der Waals surface area contributed by atoms with Gasteiger partial charge < -0.3 is 20.9 Å². The number of nitrogens with two attached hydrogens (primary N) is 1. The van der Waals surface area contributed by atoms with Crippen molar-refractivity contribution in [1.82, 2.24) is 14.9 Å². The van der Waals surface area contributed by atoms with E-state index < -0.39 is 0 Å². The summed E-state index contributed by atoms with van der Waals surface area (Å²) < 4.78 is 0. The van der Waals surface area contributed by atoms with Gasteiger partial charge in [0, 0.05) is 12.6 Å². The van der Waals surface area contributed by atoms with Crippen LogP contribution >= 0.6 is 0 Å². The maximum absolute atomic E-state index is 11.2. The summed E-state index contributed by atoms with van der Waals surface area (Å²) in [7, 11) is 3.96. The highest BCUT2D eigenvalue weighted by Crippen LogP contribution is 2.08. The Bertz CT molecular complexity index is 373. The zero-order valence-electron chi connectivity index (χ0n) is 9.24. The number of aromatic nitrogens is 2. The predicted octanol–water partition coefficient (Wildman–Crippen LogP) is -0.286. The third-order valence-electron chi connectivity index (χ3n) is 1.91. The van der Waals surface area contributed by atoms with Crippen LogP contribution in [0, 0.1) is 0 Å². The molecule has 0 bridgehead atoms. The van der Waals surface area contributed by atoms with E-state index in [9.17, 15) is 4.79 Å². The molecule has 0 aliphatic carbocycles. The summed E-state index contributed by atoms with van der Waals surface area (Å²) in [4.78, 5) is 19.6. The molecule has 0 aliphatic heterocycles. The molecule has 4 N–H and O–H groups in total. The highest BCUT2D eigenvalue weighted by molar-refractivity contribution is 5.59. The molecule has 0 amide bonds. The Morgan fingerprint density at radius 3 is 2.93 bits per heavy atom. The molecule has 1 rings (SSSR count). The summed E-state index contributed by atoms with van der Waals surface area (Å²) in [6.45, 7) is 2.84. The Hall–Kier alpha value is -1.56. The van der Waals surface area contributed by atoms with Crippen molar-refractivity contribution in [3.05, 3.63) is 16.7 Å². The molecule has 0 saturated carbocycles. The average molecular weight is 211 g/mol. The van der Waals surface area contributed by atoms with Crippen molar-refractivity contribution < 1.29 is 0 Å². The van der Waals surface area contributed by atoms with E-state index in [1.165, 1.54) is 6.33 Å². The summed E-state index contributed by atoms with van der Waals surface area (Å²) >= 11 is 0. The van der Waals surface area contributed by atoms with Gasteiger partial charge in [-0.05, 0) is 21.0 Å². The first-order valence-electron chi connectivity index (χ1n) is 4.75. The standard InChI is InChI=1S/C9H17N5O/c1-6(4-14(2)3)13-8-7(10)9(15)12-5-11-8/h5-6H,4,10H2,1-3H3,(H2,11,12,13,15). The second-order valence-corrected chi connectivity index (χ2v) is 3.80. The summed E-state index contributed by atoms with van der Waals surface area (Å²) in [6.07, 6.45) is 1.34. The van der Waals surface area contributed by atoms with Gasteiger partial charge in [0.1, 0.15) is 5.69 Å². The van der Waals surface area contributed by atoms with Crippen molar-refractivity contribution in [2.45, 2.75) is 13.0 Å². The van der Waals surface area contributed by atoms with E-state index in [-0.39, 0.29) is 17.3 Å². The number of rotatable bonds is 4. The summed E-state index contributed by atoms with van der Waals surface area (Å²) in [5, 5.41) is 3.08. The van der Waals surface area contributed by atoms with Crippen LogP contribution in [-0.2, 0) is 0 Å². The van der Waals surface area contributed by atoms with Crippen LogP contribution in [0.1, 0.15) is 6.92 Å². The fraction of sp³-hybridized carbons (Fsp3) is 0.556. The van der Waals surface area contributed by atoms with E-state index in [1.807, 2.05) is 25.9 Å². The monoisotopic (exact) mass is 211 g/mol. The first-order valence-corrected chi connectivity index (χ1v) is 4.75. The number of hydrogen-bond donors (Lipinski definition) is 3. The van der Waals surface area contributed by atoms with Gasteiger partial charge in [-0.1, -0.05) is 0 Å². The lowest BCUT2D eigenvalue weighted by atomic mass is 10.3. The Kier molecular flexibility index (Phi) is 3.68. The number of anilines is 2. The molecule has 0 aliphatic rings. The van der Waals surface area contributed by atoms with Crippen molar-refractivity contribution in [2.75, 3.05) is 31.7 Å². The molecule has 1 aromatic rings. The molecule has 6 heteroatoms. The zero-order valence-corrected chi connectivity index (χ0v) is 9.24. The number of nitrogen functional groups attached to an aromatic ring is 1. The van der Waals surface area contributed by atoms with Gasteiger partial charge >= 0.3 is 0 Å². The highest BCUT2D eigenvalue weighted by atomic mass is 16.1. The minimum absolute atomic E-state index is 0.128. The second-order valence-electron chi connectivity index (χ2n) is 3.80. The molecule has 0 fully saturated rings. The molecule has 0 radical (unpaired) electrons. The van der Waals surface area contributed by atoms with Gasteiger partial charge in [-0.15, -0.1) is 0 Å². The van der Waals surface area contributed by atoms with Crippen LogP contribution in [0.2, 0.25) is 0 Å². The molecular formula is C9H17N5O. The average Bonchev–Trinajstić information content (AvgIpc) is 2.11. The van der Waals surface area contributed by atoms with E-state index in [4.69, 9.17) is 5.73 Å². The SMILES string of the molecule is CC(CN(C)C)Nc1nc[nH]c(=O)c1N. The van der Waals surface area contributed by atoms with Crippen molar-refractivity contribution >= 4 is 11.5 Å². The van der Waals surface area contributed by atoms with Gasteiger partial charge in [-0.3, -0.25) is 4.79 Å². The quantitative estimate of drug-likeness (QED) is 0.637. The number of aromatic amines is 1. The first kappa shape index (κ1) is 11.5. The Labute approximate surface area is 88.5 Å². The molecule has 84 valence electrons. The maximum Gasteiger partial charge on any atom is 0.276 e.